The van der Waals surface area contributed by atoms with E-state index >= 15 is 0 Å². The zero-order valence-corrected chi connectivity index (χ0v) is 18.1. The fourth-order valence-corrected chi connectivity index (χ4v) is 4.32. The molecule has 0 saturated carbocycles. The highest BCUT2D eigenvalue weighted by Crippen LogP contribution is 2.22. The number of rotatable bonds is 4. The molecule has 1 saturated heterocycles. The van der Waals surface area contributed by atoms with Crippen LogP contribution in [0, 0.1) is 0 Å². The van der Waals surface area contributed by atoms with Gasteiger partial charge in [-0.3, -0.25) is 14.6 Å². The van der Waals surface area contributed by atoms with E-state index in [4.69, 9.17) is 21.3 Å². The lowest BCUT2D eigenvalue weighted by atomic mass is 10.1. The van der Waals surface area contributed by atoms with Crippen LogP contribution in [-0.4, -0.2) is 52.5 Å². The third-order valence-electron chi connectivity index (χ3n) is 5.74. The van der Waals surface area contributed by atoms with Gasteiger partial charge in [0, 0.05) is 31.7 Å². The molecule has 160 valence electrons. The van der Waals surface area contributed by atoms with Crippen LogP contribution in [-0.2, 0) is 18.3 Å². The molecule has 2 aliphatic rings. The number of aromatic amines is 1. The number of benzene rings is 1. The first kappa shape index (κ1) is 19.9. The summed E-state index contributed by atoms with van der Waals surface area (Å²) in [6.07, 6.45) is 2.06. The van der Waals surface area contributed by atoms with Crippen LogP contribution in [0.5, 0.6) is 0 Å². The normalized spacial score (nSPS) is 16.3. The van der Waals surface area contributed by atoms with Crippen molar-refractivity contribution in [3.8, 4) is 0 Å². The molecule has 5 rings (SSSR count). The van der Waals surface area contributed by atoms with E-state index in [1.54, 1.807) is 7.05 Å². The van der Waals surface area contributed by atoms with Crippen molar-refractivity contribution in [3.05, 3.63) is 79.7 Å². The Morgan fingerprint density at radius 3 is 2.68 bits per heavy atom. The maximum absolute atomic E-state index is 12.9. The van der Waals surface area contributed by atoms with E-state index in [-0.39, 0.29) is 5.56 Å². The number of morpholine rings is 1. The van der Waals surface area contributed by atoms with Gasteiger partial charge in [0.15, 0.2) is 0 Å². The Bertz CT molecular complexity index is 1270. The van der Waals surface area contributed by atoms with E-state index in [0.717, 1.165) is 54.4 Å². The molecule has 0 amide bonds. The van der Waals surface area contributed by atoms with Crippen molar-refractivity contribution in [3.63, 3.8) is 0 Å². The summed E-state index contributed by atoms with van der Waals surface area (Å²) in [7, 11) is 1.74. The molecular formula is C23H24ClN5O2. The van der Waals surface area contributed by atoms with Gasteiger partial charge in [-0.1, -0.05) is 29.8 Å². The summed E-state index contributed by atoms with van der Waals surface area (Å²) < 4.78 is 6.99. The minimum atomic E-state index is -0.0454. The van der Waals surface area contributed by atoms with Crippen LogP contribution in [0.25, 0.3) is 11.8 Å². The molecule has 2 aromatic heterocycles. The Morgan fingerprint density at radius 1 is 1.13 bits per heavy atom. The van der Waals surface area contributed by atoms with Crippen molar-refractivity contribution in [1.82, 2.24) is 19.7 Å². The van der Waals surface area contributed by atoms with Crippen molar-refractivity contribution in [1.29, 1.82) is 0 Å². The highest BCUT2D eigenvalue weighted by molar-refractivity contribution is 6.30. The zero-order valence-electron chi connectivity index (χ0n) is 17.3. The molecule has 1 fully saturated rings. The van der Waals surface area contributed by atoms with Crippen LogP contribution in [0.15, 0.2) is 47.3 Å². The van der Waals surface area contributed by atoms with Crippen LogP contribution in [0.1, 0.15) is 11.3 Å². The summed E-state index contributed by atoms with van der Waals surface area (Å²) >= 11 is 6.12. The minimum Gasteiger partial charge on any atom is -0.378 e. The summed E-state index contributed by atoms with van der Waals surface area (Å²) in [4.78, 5) is 22.3. The molecule has 0 bridgehead atoms. The number of aryl methyl sites for hydroxylation is 1. The molecule has 4 heterocycles. The van der Waals surface area contributed by atoms with Crippen molar-refractivity contribution in [2.45, 2.75) is 6.54 Å². The van der Waals surface area contributed by atoms with Gasteiger partial charge in [0.25, 0.3) is 5.56 Å². The largest absolute Gasteiger partial charge is 0.378 e. The second-order valence-corrected chi connectivity index (χ2v) is 8.23. The van der Waals surface area contributed by atoms with E-state index in [1.165, 1.54) is 4.68 Å². The molecule has 0 aliphatic carbocycles. The number of ether oxygens (including phenoxy) is 1. The number of hydrogen-bond acceptors (Lipinski definition) is 5. The van der Waals surface area contributed by atoms with E-state index < -0.39 is 0 Å². The second-order valence-electron chi connectivity index (χ2n) is 7.79. The lowest BCUT2D eigenvalue weighted by Crippen LogP contribution is -2.45. The van der Waals surface area contributed by atoms with Gasteiger partial charge in [-0.05, 0) is 35.9 Å². The second kappa shape index (κ2) is 8.24. The maximum atomic E-state index is 12.9. The first-order valence-corrected chi connectivity index (χ1v) is 10.8. The van der Waals surface area contributed by atoms with Gasteiger partial charge >= 0.3 is 0 Å². The number of H-pyrrole nitrogens is 1. The lowest BCUT2D eigenvalue weighted by molar-refractivity contribution is 0.122. The van der Waals surface area contributed by atoms with Crippen molar-refractivity contribution in [2.75, 3.05) is 37.7 Å². The standard InChI is InChI=1S/C23H24ClN5O2/c1-27-23(30)21-19(26-27)9-10-29(22(21)16-5-7-17(24)8-6-16)15-18-3-2-4-20(25-18)28-11-13-31-14-12-28/h2-9,26H,10-15H2,1H3. The molecule has 0 atom stereocenters. The first-order valence-electron chi connectivity index (χ1n) is 10.4. The molecule has 0 unspecified atom stereocenters. The molecule has 1 N–H and O–H groups in total. The number of aromatic nitrogens is 3. The summed E-state index contributed by atoms with van der Waals surface area (Å²) in [5.74, 6) is 0.966. The first-order chi connectivity index (χ1) is 15.1. The zero-order chi connectivity index (χ0) is 21.4. The highest BCUT2D eigenvalue weighted by atomic mass is 35.5. The average molecular weight is 438 g/mol. The topological polar surface area (TPSA) is 66.4 Å². The summed E-state index contributed by atoms with van der Waals surface area (Å²) in [5.41, 5.74) is 2.77. The summed E-state index contributed by atoms with van der Waals surface area (Å²) in [5, 5.41) is 5.35. The molecule has 1 aromatic carbocycles. The van der Waals surface area contributed by atoms with Crippen LogP contribution < -0.4 is 21.0 Å². The predicted octanol–water partition coefficient (Wildman–Crippen LogP) is 1.05. The van der Waals surface area contributed by atoms with Crippen molar-refractivity contribution < 1.29 is 4.74 Å². The number of nitrogens with one attached hydrogen (secondary N) is 1. The maximum Gasteiger partial charge on any atom is 0.276 e. The summed E-state index contributed by atoms with van der Waals surface area (Å²) in [6.45, 7) is 4.41. The third kappa shape index (κ3) is 3.86. The Kier molecular flexibility index (Phi) is 5.29. The number of halogens is 1. The molecule has 8 heteroatoms. The lowest BCUT2D eigenvalue weighted by Gasteiger charge is -2.30. The molecule has 7 nitrogen and oxygen atoms in total. The molecule has 3 aromatic rings. The Hall–Kier alpha value is -3.03. The highest BCUT2D eigenvalue weighted by Gasteiger charge is 2.21. The Labute approximate surface area is 184 Å². The quantitative estimate of drug-likeness (QED) is 0.661. The third-order valence-corrected chi connectivity index (χ3v) is 5.99. The van der Waals surface area contributed by atoms with Crippen molar-refractivity contribution in [2.24, 2.45) is 7.05 Å². The van der Waals surface area contributed by atoms with Crippen LogP contribution >= 0.6 is 11.6 Å². The van der Waals surface area contributed by atoms with E-state index in [0.29, 0.717) is 23.3 Å². The number of anilines is 1. The van der Waals surface area contributed by atoms with Gasteiger partial charge in [0.2, 0.25) is 0 Å². The van der Waals surface area contributed by atoms with Crippen molar-refractivity contribution >= 4 is 29.2 Å². The average Bonchev–Trinajstić information content (AvgIpc) is 3.09. The predicted molar refractivity (Wildman–Crippen MR) is 121 cm³/mol. The monoisotopic (exact) mass is 437 g/mol. The van der Waals surface area contributed by atoms with Crippen LogP contribution in [0.3, 0.4) is 0 Å². The van der Waals surface area contributed by atoms with Gasteiger partial charge in [0.1, 0.15) is 5.82 Å². The minimum absolute atomic E-state index is 0.0454. The van der Waals surface area contributed by atoms with E-state index in [9.17, 15) is 4.79 Å². The number of pyridine rings is 1. The van der Waals surface area contributed by atoms with Gasteiger partial charge < -0.3 is 14.5 Å². The Balaban J connectivity index is 1.55. The SMILES string of the molecule is Cn1[nH]c2c(c1=O)=C(c1ccc(Cl)cc1)N(Cc1cccc(N3CCOCC3)n1)CC=2. The van der Waals surface area contributed by atoms with Gasteiger partial charge in [-0.25, -0.2) is 4.98 Å². The van der Waals surface area contributed by atoms with E-state index in [1.807, 2.05) is 42.5 Å². The summed E-state index contributed by atoms with van der Waals surface area (Å²) in [6, 6.07) is 13.8. The Morgan fingerprint density at radius 2 is 1.90 bits per heavy atom. The van der Waals surface area contributed by atoms with E-state index in [2.05, 4.69) is 21.0 Å². The van der Waals surface area contributed by atoms with Gasteiger partial charge in [0.05, 0.1) is 41.7 Å². The van der Waals surface area contributed by atoms with Gasteiger partial charge in [-0.15, -0.1) is 0 Å². The molecule has 0 radical (unpaired) electrons. The number of nitrogens with zero attached hydrogens (tertiary/aromatic N) is 4. The van der Waals surface area contributed by atoms with Gasteiger partial charge in [-0.2, -0.15) is 0 Å². The van der Waals surface area contributed by atoms with Crippen LogP contribution in [0.2, 0.25) is 5.02 Å². The number of fused-ring (bicyclic) bond motifs is 1. The molecule has 0 spiro atoms. The van der Waals surface area contributed by atoms with Crippen LogP contribution in [0.4, 0.5) is 5.82 Å². The molecular weight excluding hydrogens is 414 g/mol. The number of hydrogen-bond donors (Lipinski definition) is 1. The fourth-order valence-electron chi connectivity index (χ4n) is 4.20. The molecule has 2 aliphatic heterocycles. The molecule has 31 heavy (non-hydrogen) atoms. The smallest absolute Gasteiger partial charge is 0.276 e. The fraction of sp³-hybridized carbons (Fsp3) is 0.304.